The Hall–Kier alpha value is -2.03. The molecule has 0 saturated heterocycles. The van der Waals surface area contributed by atoms with Crippen molar-refractivity contribution < 1.29 is 22.8 Å². The van der Waals surface area contributed by atoms with Crippen molar-refractivity contribution in [2.24, 2.45) is 0 Å². The zero-order valence-electron chi connectivity index (χ0n) is 10.6. The van der Waals surface area contributed by atoms with Crippen LogP contribution in [0.2, 0.25) is 0 Å². The molecule has 108 valence electrons. The Labute approximate surface area is 111 Å². The number of aliphatic hydroxyl groups excluding tert-OH is 1. The topological polar surface area (TPSA) is 84.9 Å². The van der Waals surface area contributed by atoms with Crippen LogP contribution in [0.25, 0.3) is 11.6 Å². The van der Waals surface area contributed by atoms with Crippen molar-refractivity contribution in [1.29, 1.82) is 0 Å². The average Bonchev–Trinajstić information content (AvgIpc) is 2.86. The second kappa shape index (κ2) is 5.16. The summed E-state index contributed by atoms with van der Waals surface area (Å²) in [4.78, 5) is 11.6. The van der Waals surface area contributed by atoms with Crippen molar-refractivity contribution in [1.82, 2.24) is 20.1 Å². The molecule has 20 heavy (non-hydrogen) atoms. The van der Waals surface area contributed by atoms with Crippen LogP contribution in [-0.4, -0.2) is 37.5 Å². The summed E-state index contributed by atoms with van der Waals surface area (Å²) in [7, 11) is 0. The Kier molecular flexibility index (Phi) is 3.71. The quantitative estimate of drug-likeness (QED) is 0.928. The van der Waals surface area contributed by atoms with Gasteiger partial charge in [0.2, 0.25) is 17.5 Å². The van der Waals surface area contributed by atoms with E-state index in [2.05, 4.69) is 20.1 Å². The minimum absolute atomic E-state index is 0.0266. The number of aryl methyl sites for hydroxylation is 1. The van der Waals surface area contributed by atoms with Crippen LogP contribution in [0.15, 0.2) is 16.9 Å². The third kappa shape index (κ3) is 2.93. The zero-order valence-corrected chi connectivity index (χ0v) is 10.6. The van der Waals surface area contributed by atoms with Crippen LogP contribution in [0, 0.1) is 6.92 Å². The molecule has 9 heteroatoms. The predicted octanol–water partition coefficient (Wildman–Crippen LogP) is 1.86. The summed E-state index contributed by atoms with van der Waals surface area (Å²) in [6, 6.07) is 0. The number of hydrogen-bond acceptors (Lipinski definition) is 6. The van der Waals surface area contributed by atoms with Gasteiger partial charge in [0, 0.05) is 12.4 Å². The van der Waals surface area contributed by atoms with Crippen LogP contribution in [-0.2, 0) is 0 Å². The van der Waals surface area contributed by atoms with Crippen molar-refractivity contribution in [2.75, 3.05) is 0 Å². The maximum atomic E-state index is 12.4. The molecule has 2 aromatic rings. The standard InChI is InChI=1S/C11H11F3N4O2/c1-5-3-15-8(16-4-5)9-17-10(20-18-9)6(2)7(19)11(12,13)14/h3-4,6-7,19H,1-2H3. The van der Waals surface area contributed by atoms with E-state index in [9.17, 15) is 13.2 Å². The molecule has 0 aromatic carbocycles. The maximum absolute atomic E-state index is 12.4. The highest BCUT2D eigenvalue weighted by Crippen LogP contribution is 2.31. The molecule has 0 saturated carbocycles. The van der Waals surface area contributed by atoms with Crippen molar-refractivity contribution in [3.05, 3.63) is 23.8 Å². The van der Waals surface area contributed by atoms with Gasteiger partial charge in [0.1, 0.15) is 0 Å². The van der Waals surface area contributed by atoms with E-state index in [0.29, 0.717) is 0 Å². The van der Waals surface area contributed by atoms with Crippen LogP contribution in [0.4, 0.5) is 13.2 Å². The lowest BCUT2D eigenvalue weighted by molar-refractivity contribution is -0.210. The molecule has 6 nitrogen and oxygen atoms in total. The number of halogens is 3. The molecular formula is C11H11F3N4O2. The van der Waals surface area contributed by atoms with E-state index in [0.717, 1.165) is 12.5 Å². The number of rotatable bonds is 3. The average molecular weight is 288 g/mol. The first-order valence-corrected chi connectivity index (χ1v) is 5.66. The number of alkyl halides is 3. The molecule has 0 aliphatic carbocycles. The summed E-state index contributed by atoms with van der Waals surface area (Å²) in [5.41, 5.74) is 0.818. The molecule has 2 unspecified atom stereocenters. The minimum atomic E-state index is -4.76. The van der Waals surface area contributed by atoms with Gasteiger partial charge >= 0.3 is 6.18 Å². The Morgan fingerprint density at radius 1 is 1.20 bits per heavy atom. The van der Waals surface area contributed by atoms with Crippen molar-refractivity contribution in [2.45, 2.75) is 32.0 Å². The summed E-state index contributed by atoms with van der Waals surface area (Å²) in [6.45, 7) is 2.93. The number of hydrogen-bond donors (Lipinski definition) is 1. The van der Waals surface area contributed by atoms with E-state index in [1.807, 2.05) is 0 Å². The van der Waals surface area contributed by atoms with E-state index < -0.39 is 18.2 Å². The van der Waals surface area contributed by atoms with Crippen molar-refractivity contribution >= 4 is 0 Å². The van der Waals surface area contributed by atoms with Gasteiger partial charge in [-0.05, 0) is 12.5 Å². The van der Waals surface area contributed by atoms with E-state index in [1.54, 1.807) is 6.92 Å². The smallest absolute Gasteiger partial charge is 0.383 e. The van der Waals surface area contributed by atoms with E-state index in [-0.39, 0.29) is 17.5 Å². The normalized spacial score (nSPS) is 15.1. The minimum Gasteiger partial charge on any atom is -0.383 e. The fraction of sp³-hybridized carbons (Fsp3) is 0.455. The third-order valence-electron chi connectivity index (χ3n) is 2.62. The van der Waals surface area contributed by atoms with Crippen LogP contribution in [0.1, 0.15) is 24.3 Å². The predicted molar refractivity (Wildman–Crippen MR) is 60.5 cm³/mol. The SMILES string of the molecule is Cc1cnc(-c2noc(C(C)C(O)C(F)(F)F)n2)nc1. The summed E-state index contributed by atoms with van der Waals surface area (Å²) in [5.74, 6) is -1.59. The van der Waals surface area contributed by atoms with Crippen LogP contribution in [0.3, 0.4) is 0 Å². The van der Waals surface area contributed by atoms with E-state index in [1.165, 1.54) is 12.4 Å². The fourth-order valence-corrected chi connectivity index (χ4v) is 1.44. The molecule has 2 rings (SSSR count). The second-order valence-corrected chi connectivity index (χ2v) is 4.32. The highest BCUT2D eigenvalue weighted by Gasteiger charge is 2.44. The van der Waals surface area contributed by atoms with Gasteiger partial charge in [0.15, 0.2) is 6.10 Å². The molecule has 0 aliphatic rings. The van der Waals surface area contributed by atoms with Gasteiger partial charge in [0.25, 0.3) is 0 Å². The summed E-state index contributed by atoms with van der Waals surface area (Å²) in [5, 5.41) is 12.7. The molecule has 2 aromatic heterocycles. The Bertz CT molecular complexity index is 582. The molecule has 2 heterocycles. The van der Waals surface area contributed by atoms with Crippen LogP contribution >= 0.6 is 0 Å². The number of nitrogens with zero attached hydrogens (tertiary/aromatic N) is 4. The second-order valence-electron chi connectivity index (χ2n) is 4.32. The lowest BCUT2D eigenvalue weighted by Crippen LogP contribution is -2.33. The van der Waals surface area contributed by atoms with Gasteiger partial charge in [-0.25, -0.2) is 9.97 Å². The summed E-state index contributed by atoms with van der Waals surface area (Å²) >= 11 is 0. The van der Waals surface area contributed by atoms with E-state index >= 15 is 0 Å². The van der Waals surface area contributed by atoms with Gasteiger partial charge in [-0.15, -0.1) is 0 Å². The highest BCUT2D eigenvalue weighted by molar-refractivity contribution is 5.41. The molecule has 0 radical (unpaired) electrons. The lowest BCUT2D eigenvalue weighted by atomic mass is 10.1. The largest absolute Gasteiger partial charge is 0.415 e. The maximum Gasteiger partial charge on any atom is 0.415 e. The lowest BCUT2D eigenvalue weighted by Gasteiger charge is -2.17. The molecule has 1 N–H and O–H groups in total. The van der Waals surface area contributed by atoms with Gasteiger partial charge in [-0.1, -0.05) is 12.1 Å². The summed E-state index contributed by atoms with van der Waals surface area (Å²) < 4.78 is 41.9. The first-order valence-electron chi connectivity index (χ1n) is 5.66. The zero-order chi connectivity index (χ0) is 14.9. The Morgan fingerprint density at radius 2 is 1.80 bits per heavy atom. The van der Waals surface area contributed by atoms with Gasteiger partial charge in [-0.2, -0.15) is 18.2 Å². The van der Waals surface area contributed by atoms with Crippen molar-refractivity contribution in [3.8, 4) is 11.6 Å². The van der Waals surface area contributed by atoms with Gasteiger partial charge in [0.05, 0.1) is 5.92 Å². The van der Waals surface area contributed by atoms with Crippen molar-refractivity contribution in [3.63, 3.8) is 0 Å². The molecule has 0 spiro atoms. The fourth-order valence-electron chi connectivity index (χ4n) is 1.44. The number of aromatic nitrogens is 4. The molecule has 0 bridgehead atoms. The summed E-state index contributed by atoms with van der Waals surface area (Å²) in [6.07, 6.45) is -4.29. The monoisotopic (exact) mass is 288 g/mol. The van der Waals surface area contributed by atoms with Crippen LogP contribution in [0.5, 0.6) is 0 Å². The number of aliphatic hydroxyl groups is 1. The van der Waals surface area contributed by atoms with Crippen LogP contribution < -0.4 is 0 Å². The molecule has 0 fully saturated rings. The first-order chi connectivity index (χ1) is 9.29. The molecular weight excluding hydrogens is 277 g/mol. The third-order valence-corrected chi connectivity index (χ3v) is 2.62. The van der Waals surface area contributed by atoms with Gasteiger partial charge < -0.3 is 9.63 Å². The Morgan fingerprint density at radius 3 is 2.35 bits per heavy atom. The highest BCUT2D eigenvalue weighted by atomic mass is 19.4. The molecule has 0 aliphatic heterocycles. The molecule has 0 amide bonds. The molecule has 2 atom stereocenters. The first kappa shape index (κ1) is 14.4. The van der Waals surface area contributed by atoms with Gasteiger partial charge in [-0.3, -0.25) is 0 Å². The Balaban J connectivity index is 2.23. The van der Waals surface area contributed by atoms with E-state index in [4.69, 9.17) is 9.63 Å².